The van der Waals surface area contributed by atoms with E-state index in [1.165, 1.54) is 51.9 Å². The average molecular weight is 252 g/mol. The molecule has 0 N–H and O–H groups in total. The molecule has 106 valence electrons. The van der Waals surface area contributed by atoms with Crippen molar-refractivity contribution in [1.29, 1.82) is 0 Å². The van der Waals surface area contributed by atoms with Crippen molar-refractivity contribution in [2.45, 2.75) is 71.4 Å². The zero-order chi connectivity index (χ0) is 13.4. The Morgan fingerprint density at radius 3 is 1.89 bits per heavy atom. The predicted molar refractivity (Wildman–Crippen MR) is 78.9 cm³/mol. The third-order valence-corrected chi connectivity index (χ3v) is 4.91. The quantitative estimate of drug-likeness (QED) is 0.760. The summed E-state index contributed by atoms with van der Waals surface area (Å²) in [4.78, 5) is 5.35. The van der Waals surface area contributed by atoms with Gasteiger partial charge in [-0.3, -0.25) is 9.80 Å². The highest BCUT2D eigenvalue weighted by molar-refractivity contribution is 4.94. The van der Waals surface area contributed by atoms with Gasteiger partial charge in [0, 0.05) is 24.2 Å². The minimum absolute atomic E-state index is 0.367. The second-order valence-corrected chi connectivity index (χ2v) is 8.01. The van der Waals surface area contributed by atoms with Gasteiger partial charge in [0.25, 0.3) is 0 Å². The number of piperidine rings is 1. The van der Waals surface area contributed by atoms with Crippen LogP contribution in [0.15, 0.2) is 0 Å². The molecule has 2 heteroatoms. The van der Waals surface area contributed by atoms with Gasteiger partial charge in [-0.1, -0.05) is 6.42 Å². The van der Waals surface area contributed by atoms with Gasteiger partial charge in [-0.05, 0) is 72.9 Å². The van der Waals surface area contributed by atoms with E-state index in [4.69, 9.17) is 0 Å². The van der Waals surface area contributed by atoms with Crippen LogP contribution in [0.4, 0.5) is 0 Å². The van der Waals surface area contributed by atoms with E-state index < -0.39 is 0 Å². The van der Waals surface area contributed by atoms with Crippen LogP contribution in [0.5, 0.6) is 0 Å². The van der Waals surface area contributed by atoms with Gasteiger partial charge in [0.15, 0.2) is 0 Å². The molecular formula is C16H32N2. The lowest BCUT2D eigenvalue weighted by Crippen LogP contribution is -2.59. The predicted octanol–water partition coefficient (Wildman–Crippen LogP) is 3.37. The number of likely N-dealkylation sites (tertiary alicyclic amines) is 2. The number of nitrogens with zero attached hydrogens (tertiary/aromatic N) is 2. The summed E-state index contributed by atoms with van der Waals surface area (Å²) < 4.78 is 0. The molecule has 18 heavy (non-hydrogen) atoms. The smallest absolute Gasteiger partial charge is 0.0156 e. The average Bonchev–Trinajstić information content (AvgIpc) is 2.22. The Morgan fingerprint density at radius 1 is 0.833 bits per heavy atom. The van der Waals surface area contributed by atoms with Crippen molar-refractivity contribution >= 4 is 0 Å². The molecule has 0 atom stereocenters. The molecular weight excluding hydrogens is 220 g/mol. The minimum atomic E-state index is 0.367. The summed E-state index contributed by atoms with van der Waals surface area (Å²) in [5.41, 5.74) is 0.779. The maximum Gasteiger partial charge on any atom is 0.0156 e. The first-order chi connectivity index (χ1) is 8.29. The molecule has 0 spiro atoms. The summed E-state index contributed by atoms with van der Waals surface area (Å²) >= 11 is 0. The van der Waals surface area contributed by atoms with Gasteiger partial charge in [0.1, 0.15) is 0 Å². The standard InChI is InChI=1S/C16H32N2/c1-15(2,3)18-12-14(13-18)11-16(4,5)17-9-7-6-8-10-17/h14H,6-13H2,1-5H3. The second-order valence-electron chi connectivity index (χ2n) is 8.01. The Kier molecular flexibility index (Phi) is 4.08. The topological polar surface area (TPSA) is 6.48 Å². The summed E-state index contributed by atoms with van der Waals surface area (Å²) in [6.07, 6.45) is 5.62. The molecule has 0 aliphatic carbocycles. The Bertz CT molecular complexity index is 265. The molecule has 0 saturated carbocycles. The SMILES string of the molecule is CC(C)(C)N1CC(CC(C)(C)N2CCCCC2)C1. The van der Waals surface area contributed by atoms with Crippen LogP contribution < -0.4 is 0 Å². The Labute approximate surface area is 114 Å². The van der Waals surface area contributed by atoms with Gasteiger partial charge in [0.05, 0.1) is 0 Å². The first kappa shape index (κ1) is 14.3. The van der Waals surface area contributed by atoms with Crippen molar-refractivity contribution < 1.29 is 0 Å². The fourth-order valence-electron chi connectivity index (χ4n) is 3.58. The van der Waals surface area contributed by atoms with Crippen LogP contribution in [-0.2, 0) is 0 Å². The molecule has 0 unspecified atom stereocenters. The third kappa shape index (κ3) is 3.27. The first-order valence-electron chi connectivity index (χ1n) is 7.79. The highest BCUT2D eigenvalue weighted by Crippen LogP contribution is 2.34. The van der Waals surface area contributed by atoms with Crippen molar-refractivity contribution in [2.24, 2.45) is 5.92 Å². The van der Waals surface area contributed by atoms with E-state index >= 15 is 0 Å². The number of hydrogen-bond donors (Lipinski definition) is 0. The van der Waals surface area contributed by atoms with E-state index in [2.05, 4.69) is 44.4 Å². The van der Waals surface area contributed by atoms with Crippen molar-refractivity contribution in [2.75, 3.05) is 26.2 Å². The summed E-state index contributed by atoms with van der Waals surface area (Å²) in [6, 6.07) is 0. The zero-order valence-electron chi connectivity index (χ0n) is 13.1. The normalized spacial score (nSPS) is 25.2. The van der Waals surface area contributed by atoms with Crippen LogP contribution in [0.1, 0.15) is 60.3 Å². The van der Waals surface area contributed by atoms with Crippen LogP contribution in [-0.4, -0.2) is 47.1 Å². The molecule has 2 rings (SSSR count). The van der Waals surface area contributed by atoms with Gasteiger partial charge < -0.3 is 0 Å². The van der Waals surface area contributed by atoms with Gasteiger partial charge in [-0.15, -0.1) is 0 Å². The molecule has 0 aromatic heterocycles. The highest BCUT2D eigenvalue weighted by atomic mass is 15.2. The maximum atomic E-state index is 2.73. The molecule has 2 nitrogen and oxygen atoms in total. The van der Waals surface area contributed by atoms with Crippen molar-refractivity contribution in [1.82, 2.24) is 9.80 Å². The molecule has 0 aromatic rings. The molecule has 2 heterocycles. The Balaban J connectivity index is 1.79. The lowest BCUT2D eigenvalue weighted by atomic mass is 9.81. The fraction of sp³-hybridized carbons (Fsp3) is 1.00. The summed E-state index contributed by atoms with van der Waals surface area (Å²) in [6.45, 7) is 17.2. The summed E-state index contributed by atoms with van der Waals surface area (Å²) in [7, 11) is 0. The Hall–Kier alpha value is -0.0800. The molecule has 2 aliphatic heterocycles. The lowest BCUT2D eigenvalue weighted by molar-refractivity contribution is -0.0210. The van der Waals surface area contributed by atoms with Crippen molar-refractivity contribution in [3.8, 4) is 0 Å². The van der Waals surface area contributed by atoms with Gasteiger partial charge in [-0.2, -0.15) is 0 Å². The largest absolute Gasteiger partial charge is 0.298 e. The maximum absolute atomic E-state index is 2.73. The van der Waals surface area contributed by atoms with E-state index in [-0.39, 0.29) is 0 Å². The number of rotatable bonds is 3. The minimum Gasteiger partial charge on any atom is -0.298 e. The fourth-order valence-corrected chi connectivity index (χ4v) is 3.58. The first-order valence-corrected chi connectivity index (χ1v) is 7.79. The number of hydrogen-bond acceptors (Lipinski definition) is 2. The molecule has 2 saturated heterocycles. The molecule has 0 aromatic carbocycles. The van der Waals surface area contributed by atoms with Crippen LogP contribution in [0.3, 0.4) is 0 Å². The molecule has 0 bridgehead atoms. The highest BCUT2D eigenvalue weighted by Gasteiger charge is 2.39. The summed E-state index contributed by atoms with van der Waals surface area (Å²) in [5.74, 6) is 0.918. The van der Waals surface area contributed by atoms with Crippen LogP contribution in [0.25, 0.3) is 0 Å². The van der Waals surface area contributed by atoms with Crippen LogP contribution >= 0.6 is 0 Å². The molecule has 2 fully saturated rings. The molecule has 0 radical (unpaired) electrons. The van der Waals surface area contributed by atoms with Gasteiger partial charge in [0.2, 0.25) is 0 Å². The van der Waals surface area contributed by atoms with Crippen molar-refractivity contribution in [3.63, 3.8) is 0 Å². The zero-order valence-corrected chi connectivity index (χ0v) is 13.1. The lowest BCUT2D eigenvalue weighted by Gasteiger charge is -2.51. The monoisotopic (exact) mass is 252 g/mol. The Morgan fingerprint density at radius 2 is 1.39 bits per heavy atom. The van der Waals surface area contributed by atoms with Crippen molar-refractivity contribution in [3.05, 3.63) is 0 Å². The van der Waals surface area contributed by atoms with E-state index in [0.29, 0.717) is 11.1 Å². The van der Waals surface area contributed by atoms with E-state index in [0.717, 1.165) is 5.92 Å². The van der Waals surface area contributed by atoms with Gasteiger partial charge >= 0.3 is 0 Å². The van der Waals surface area contributed by atoms with Crippen LogP contribution in [0, 0.1) is 5.92 Å². The molecule has 2 aliphatic rings. The van der Waals surface area contributed by atoms with E-state index in [1.54, 1.807) is 0 Å². The van der Waals surface area contributed by atoms with E-state index in [1.807, 2.05) is 0 Å². The summed E-state index contributed by atoms with van der Waals surface area (Å²) in [5, 5.41) is 0. The second kappa shape index (κ2) is 5.13. The van der Waals surface area contributed by atoms with Gasteiger partial charge in [-0.25, -0.2) is 0 Å². The molecule has 0 amide bonds. The van der Waals surface area contributed by atoms with Crippen LogP contribution in [0.2, 0.25) is 0 Å². The van der Waals surface area contributed by atoms with E-state index in [9.17, 15) is 0 Å². The third-order valence-electron chi connectivity index (χ3n) is 4.91.